The van der Waals surface area contributed by atoms with Crippen molar-refractivity contribution in [3.63, 3.8) is 0 Å². The first-order valence-corrected chi connectivity index (χ1v) is 7.52. The lowest BCUT2D eigenvalue weighted by atomic mass is 10.0. The van der Waals surface area contributed by atoms with Gasteiger partial charge >= 0.3 is 5.97 Å². The number of ether oxygens (including phenoxy) is 1. The molecule has 1 aliphatic heterocycles. The number of hydrogen-bond donors (Lipinski definition) is 0. The molecule has 0 amide bonds. The first-order chi connectivity index (χ1) is 9.76. The van der Waals surface area contributed by atoms with Gasteiger partial charge in [-0.25, -0.2) is 0 Å². The zero-order valence-electron chi connectivity index (χ0n) is 11.4. The molecule has 0 aromatic heterocycles. The molecule has 1 aliphatic rings. The molecule has 0 unspecified atom stereocenters. The van der Waals surface area contributed by atoms with Crippen molar-refractivity contribution in [3.8, 4) is 0 Å². The third kappa shape index (κ3) is 2.73. The average molecular weight is 284 g/mol. The van der Waals surface area contributed by atoms with Crippen LogP contribution in [0.5, 0.6) is 0 Å². The van der Waals surface area contributed by atoms with Gasteiger partial charge in [-0.05, 0) is 41.7 Å². The Hall–Kier alpha value is -1.74. The van der Waals surface area contributed by atoms with Crippen molar-refractivity contribution in [1.82, 2.24) is 0 Å². The van der Waals surface area contributed by atoms with E-state index in [4.69, 9.17) is 4.74 Å². The van der Waals surface area contributed by atoms with Crippen LogP contribution < -0.4 is 0 Å². The van der Waals surface area contributed by atoms with Gasteiger partial charge in [0, 0.05) is 9.79 Å². The highest BCUT2D eigenvalue weighted by Crippen LogP contribution is 2.37. The van der Waals surface area contributed by atoms with Gasteiger partial charge in [0.1, 0.15) is 0 Å². The lowest BCUT2D eigenvalue weighted by Gasteiger charge is -2.08. The van der Waals surface area contributed by atoms with Crippen LogP contribution in [0, 0.1) is 0 Å². The fourth-order valence-corrected chi connectivity index (χ4v) is 3.59. The summed E-state index contributed by atoms with van der Waals surface area (Å²) in [5.74, 6) is -0.186. The fraction of sp³-hybridized carbons (Fsp3) is 0.235. The van der Waals surface area contributed by atoms with Crippen LogP contribution in [0.3, 0.4) is 0 Å². The van der Waals surface area contributed by atoms with Gasteiger partial charge in [-0.15, -0.1) is 0 Å². The molecule has 0 atom stereocenters. The standard InChI is InChI=1S/C17H16O2S/c1-19-17(18)11-12-6-9-16-14(10-12)8-7-13-4-2-3-5-15(13)20-16/h2-6,9-10H,7-8,11H2,1H3. The van der Waals surface area contributed by atoms with E-state index in [9.17, 15) is 4.79 Å². The zero-order valence-corrected chi connectivity index (χ0v) is 12.2. The van der Waals surface area contributed by atoms with E-state index < -0.39 is 0 Å². The summed E-state index contributed by atoms with van der Waals surface area (Å²) in [4.78, 5) is 14.0. The van der Waals surface area contributed by atoms with Crippen LogP contribution in [-0.4, -0.2) is 13.1 Å². The smallest absolute Gasteiger partial charge is 0.309 e. The van der Waals surface area contributed by atoms with Gasteiger partial charge in [0.15, 0.2) is 0 Å². The Kier molecular flexibility index (Phi) is 3.79. The SMILES string of the molecule is COC(=O)Cc1ccc2c(c1)CCc1ccccc1S2. The van der Waals surface area contributed by atoms with Crippen LogP contribution in [0.4, 0.5) is 0 Å². The van der Waals surface area contributed by atoms with Crippen molar-refractivity contribution in [2.24, 2.45) is 0 Å². The third-order valence-electron chi connectivity index (χ3n) is 3.56. The molecule has 0 radical (unpaired) electrons. The number of carbonyl (C=O) groups excluding carboxylic acids is 1. The highest BCUT2D eigenvalue weighted by atomic mass is 32.2. The minimum absolute atomic E-state index is 0.186. The van der Waals surface area contributed by atoms with Crippen molar-refractivity contribution >= 4 is 17.7 Å². The average Bonchev–Trinajstić information content (AvgIpc) is 2.66. The zero-order chi connectivity index (χ0) is 13.9. The molecule has 3 rings (SSSR count). The number of esters is 1. The van der Waals surface area contributed by atoms with Crippen molar-refractivity contribution in [1.29, 1.82) is 0 Å². The Labute approximate surface area is 123 Å². The van der Waals surface area contributed by atoms with Crippen LogP contribution in [0.2, 0.25) is 0 Å². The molecule has 3 heteroatoms. The van der Waals surface area contributed by atoms with E-state index >= 15 is 0 Å². The second-order valence-electron chi connectivity index (χ2n) is 4.90. The highest BCUT2D eigenvalue weighted by Gasteiger charge is 2.14. The summed E-state index contributed by atoms with van der Waals surface area (Å²) < 4.78 is 4.73. The number of benzene rings is 2. The summed E-state index contributed by atoms with van der Waals surface area (Å²) >= 11 is 1.82. The first-order valence-electron chi connectivity index (χ1n) is 6.70. The highest BCUT2D eigenvalue weighted by molar-refractivity contribution is 7.99. The van der Waals surface area contributed by atoms with E-state index in [1.165, 1.54) is 28.0 Å². The molecule has 2 aromatic carbocycles. The summed E-state index contributed by atoms with van der Waals surface area (Å²) in [6, 6.07) is 14.9. The molecule has 0 fully saturated rings. The molecule has 0 N–H and O–H groups in total. The Morgan fingerprint density at radius 3 is 2.70 bits per heavy atom. The monoisotopic (exact) mass is 284 g/mol. The lowest BCUT2D eigenvalue weighted by molar-refractivity contribution is -0.139. The van der Waals surface area contributed by atoms with Crippen molar-refractivity contribution in [2.45, 2.75) is 29.1 Å². The molecule has 2 nitrogen and oxygen atoms in total. The van der Waals surface area contributed by atoms with Gasteiger partial charge in [0.25, 0.3) is 0 Å². The van der Waals surface area contributed by atoms with Gasteiger partial charge in [-0.1, -0.05) is 42.1 Å². The van der Waals surface area contributed by atoms with Gasteiger partial charge in [-0.3, -0.25) is 4.79 Å². The van der Waals surface area contributed by atoms with Gasteiger partial charge in [-0.2, -0.15) is 0 Å². The van der Waals surface area contributed by atoms with Crippen LogP contribution in [0.15, 0.2) is 52.3 Å². The molecule has 0 saturated heterocycles. The van der Waals surface area contributed by atoms with Crippen LogP contribution in [0.1, 0.15) is 16.7 Å². The number of aryl methyl sites for hydroxylation is 2. The molecule has 102 valence electrons. The largest absolute Gasteiger partial charge is 0.469 e. The summed E-state index contributed by atoms with van der Waals surface area (Å²) in [7, 11) is 1.43. The van der Waals surface area contributed by atoms with Crippen molar-refractivity contribution in [2.75, 3.05) is 7.11 Å². The van der Waals surface area contributed by atoms with E-state index in [1.54, 1.807) is 0 Å². The summed E-state index contributed by atoms with van der Waals surface area (Å²) in [6.07, 6.45) is 2.42. The predicted molar refractivity (Wildman–Crippen MR) is 80.1 cm³/mol. The molecule has 1 heterocycles. The van der Waals surface area contributed by atoms with Crippen molar-refractivity contribution < 1.29 is 9.53 Å². The molecule has 0 spiro atoms. The Bertz CT molecular complexity index is 649. The van der Waals surface area contributed by atoms with Gasteiger partial charge in [0.05, 0.1) is 13.5 Å². The maximum Gasteiger partial charge on any atom is 0.309 e. The molecular formula is C17H16O2S. The maximum atomic E-state index is 11.4. The van der Waals surface area contributed by atoms with E-state index in [0.717, 1.165) is 18.4 Å². The predicted octanol–water partition coefficient (Wildman–Crippen LogP) is 3.65. The maximum absolute atomic E-state index is 11.4. The van der Waals surface area contributed by atoms with Crippen LogP contribution in [0.25, 0.3) is 0 Å². The normalized spacial score (nSPS) is 13.1. The number of fused-ring (bicyclic) bond motifs is 2. The van der Waals surface area contributed by atoms with E-state index in [2.05, 4.69) is 36.4 Å². The minimum Gasteiger partial charge on any atom is -0.469 e. The number of hydrogen-bond acceptors (Lipinski definition) is 3. The summed E-state index contributed by atoms with van der Waals surface area (Å²) in [5.41, 5.74) is 3.76. The second-order valence-corrected chi connectivity index (χ2v) is 5.99. The Morgan fingerprint density at radius 1 is 1.10 bits per heavy atom. The molecule has 20 heavy (non-hydrogen) atoms. The van der Waals surface area contributed by atoms with E-state index in [1.807, 2.05) is 17.8 Å². The molecule has 0 aliphatic carbocycles. The second kappa shape index (κ2) is 5.71. The molecular weight excluding hydrogens is 268 g/mol. The molecule has 0 saturated carbocycles. The summed E-state index contributed by atoms with van der Waals surface area (Å²) in [6.45, 7) is 0. The van der Waals surface area contributed by atoms with E-state index in [0.29, 0.717) is 6.42 Å². The minimum atomic E-state index is -0.186. The third-order valence-corrected chi connectivity index (χ3v) is 4.79. The van der Waals surface area contributed by atoms with Gasteiger partial charge < -0.3 is 4.74 Å². The number of rotatable bonds is 2. The quantitative estimate of drug-likeness (QED) is 0.787. The lowest BCUT2D eigenvalue weighted by Crippen LogP contribution is -2.05. The molecule has 2 aromatic rings. The fourth-order valence-electron chi connectivity index (χ4n) is 2.47. The topological polar surface area (TPSA) is 26.3 Å². The number of carbonyl (C=O) groups is 1. The first kappa shape index (κ1) is 13.3. The van der Waals surface area contributed by atoms with Crippen LogP contribution in [-0.2, 0) is 28.8 Å². The van der Waals surface area contributed by atoms with Gasteiger partial charge in [0.2, 0.25) is 0 Å². The Morgan fingerprint density at radius 2 is 1.85 bits per heavy atom. The van der Waals surface area contributed by atoms with Crippen molar-refractivity contribution in [3.05, 3.63) is 59.2 Å². The Balaban J connectivity index is 1.89. The van der Waals surface area contributed by atoms with E-state index in [-0.39, 0.29) is 5.97 Å². The molecule has 0 bridgehead atoms. The number of methoxy groups -OCH3 is 1. The van der Waals surface area contributed by atoms with Crippen LogP contribution >= 0.6 is 11.8 Å². The summed E-state index contributed by atoms with van der Waals surface area (Å²) in [5, 5.41) is 0.